The van der Waals surface area contributed by atoms with Crippen molar-refractivity contribution in [2.75, 3.05) is 24.1 Å². The molecule has 0 unspecified atom stereocenters. The van der Waals surface area contributed by atoms with E-state index in [0.717, 1.165) is 38.8 Å². The minimum absolute atomic E-state index is 0.0640. The number of anilines is 2. The van der Waals surface area contributed by atoms with Crippen LogP contribution in [0, 0.1) is 0 Å². The molecule has 0 bridgehead atoms. The molecule has 3 N–H and O–H groups in total. The number of nitrogens with one attached hydrogen (secondary N) is 1. The number of aromatic nitrogens is 2. The number of likely N-dealkylation sites (tertiary alicyclic amines) is 1. The molecule has 9 heteroatoms. The van der Waals surface area contributed by atoms with Gasteiger partial charge in [0.2, 0.25) is 17.7 Å². The average molecular weight is 430 g/mol. The van der Waals surface area contributed by atoms with Crippen LogP contribution in [0.4, 0.5) is 11.6 Å². The summed E-state index contributed by atoms with van der Waals surface area (Å²) in [5.41, 5.74) is 6.69. The van der Waals surface area contributed by atoms with Crippen molar-refractivity contribution in [1.82, 2.24) is 14.9 Å². The van der Waals surface area contributed by atoms with Crippen LogP contribution in [0.3, 0.4) is 0 Å². The maximum atomic E-state index is 12.1. The van der Waals surface area contributed by atoms with Crippen molar-refractivity contribution < 1.29 is 14.3 Å². The van der Waals surface area contributed by atoms with Gasteiger partial charge < -0.3 is 20.7 Å². The molecule has 2 aromatic rings. The van der Waals surface area contributed by atoms with Crippen LogP contribution in [0.1, 0.15) is 36.0 Å². The molecule has 2 aliphatic rings. The largest absolute Gasteiger partial charge is 0.473 e. The van der Waals surface area contributed by atoms with Crippen LogP contribution in [0.2, 0.25) is 5.02 Å². The van der Waals surface area contributed by atoms with Crippen molar-refractivity contribution in [3.8, 4) is 5.88 Å². The minimum atomic E-state index is -0.256. The lowest BCUT2D eigenvalue weighted by Crippen LogP contribution is -2.27. The number of amides is 2. The number of hydrogen-bond donors (Lipinski definition) is 2. The normalized spacial score (nSPS) is 15.0. The van der Waals surface area contributed by atoms with Gasteiger partial charge in [-0.05, 0) is 56.0 Å². The number of benzene rings is 1. The summed E-state index contributed by atoms with van der Waals surface area (Å²) in [7, 11) is 0. The van der Waals surface area contributed by atoms with Crippen LogP contribution in [0.5, 0.6) is 5.88 Å². The van der Waals surface area contributed by atoms with E-state index in [4.69, 9.17) is 22.1 Å². The molecule has 2 amide bonds. The maximum Gasteiger partial charge on any atom is 0.253 e. The van der Waals surface area contributed by atoms with Gasteiger partial charge in [-0.15, -0.1) is 0 Å². The number of rotatable bonds is 5. The molecule has 1 saturated heterocycles. The third kappa shape index (κ3) is 6.18. The molecule has 30 heavy (non-hydrogen) atoms. The number of nitrogens with two attached hydrogens (primary N) is 1. The van der Waals surface area contributed by atoms with Gasteiger partial charge in [0.1, 0.15) is 11.1 Å². The van der Waals surface area contributed by atoms with E-state index in [1.165, 1.54) is 12.3 Å². The molecule has 2 heterocycles. The Labute approximate surface area is 180 Å². The van der Waals surface area contributed by atoms with E-state index in [-0.39, 0.29) is 23.9 Å². The second-order valence-electron chi connectivity index (χ2n) is 6.97. The second kappa shape index (κ2) is 10.1. The van der Waals surface area contributed by atoms with Crippen LogP contribution in [0.15, 0.2) is 43.1 Å². The van der Waals surface area contributed by atoms with Crippen LogP contribution in [0.25, 0.3) is 0 Å². The quantitative estimate of drug-likeness (QED) is 0.705. The monoisotopic (exact) mass is 429 g/mol. The van der Waals surface area contributed by atoms with E-state index in [9.17, 15) is 9.59 Å². The molecule has 0 atom stereocenters. The highest BCUT2D eigenvalue weighted by atomic mass is 35.5. The summed E-state index contributed by atoms with van der Waals surface area (Å²) in [6.07, 6.45) is 7.24. The lowest BCUT2D eigenvalue weighted by atomic mass is 10.2. The lowest BCUT2D eigenvalue weighted by molar-refractivity contribution is -0.111. The fourth-order valence-electron chi connectivity index (χ4n) is 2.78. The topological polar surface area (TPSA) is 110 Å². The van der Waals surface area contributed by atoms with Crippen LogP contribution >= 0.6 is 11.6 Å². The van der Waals surface area contributed by atoms with Gasteiger partial charge >= 0.3 is 0 Å². The molecule has 1 saturated carbocycles. The van der Waals surface area contributed by atoms with Gasteiger partial charge in [-0.3, -0.25) is 9.59 Å². The molecule has 1 aliphatic heterocycles. The number of nitrogen functional groups attached to an aromatic ring is 1. The predicted molar refractivity (Wildman–Crippen MR) is 116 cm³/mol. The van der Waals surface area contributed by atoms with E-state index >= 15 is 0 Å². The Bertz CT molecular complexity index is 909. The van der Waals surface area contributed by atoms with E-state index in [1.54, 1.807) is 24.3 Å². The SMILES string of the molecule is C=CC(=O)Nc1ccc(C(=O)N2CCCC2)cc1.Nc1ncc(Cl)c(OC2CC2)n1. The van der Waals surface area contributed by atoms with Gasteiger partial charge in [0.15, 0.2) is 0 Å². The summed E-state index contributed by atoms with van der Waals surface area (Å²) in [5, 5.41) is 3.06. The first-order valence-electron chi connectivity index (χ1n) is 9.73. The van der Waals surface area contributed by atoms with E-state index in [1.807, 2.05) is 4.90 Å². The zero-order valence-electron chi connectivity index (χ0n) is 16.5. The van der Waals surface area contributed by atoms with E-state index in [0.29, 0.717) is 22.2 Å². The van der Waals surface area contributed by atoms with Crippen molar-refractivity contribution >= 4 is 35.1 Å². The van der Waals surface area contributed by atoms with Crippen molar-refractivity contribution in [3.05, 3.63) is 53.7 Å². The molecule has 0 spiro atoms. The fraction of sp³-hybridized carbons (Fsp3) is 0.333. The van der Waals surface area contributed by atoms with E-state index in [2.05, 4.69) is 21.9 Å². The summed E-state index contributed by atoms with van der Waals surface area (Å²) >= 11 is 5.76. The fourth-order valence-corrected chi connectivity index (χ4v) is 2.92. The smallest absolute Gasteiger partial charge is 0.253 e. The molecule has 8 nitrogen and oxygen atoms in total. The zero-order valence-corrected chi connectivity index (χ0v) is 17.3. The van der Waals surface area contributed by atoms with Gasteiger partial charge in [0.05, 0.1) is 6.20 Å². The Morgan fingerprint density at radius 1 is 1.23 bits per heavy atom. The van der Waals surface area contributed by atoms with Crippen LogP contribution in [-0.4, -0.2) is 45.9 Å². The Morgan fingerprint density at radius 3 is 2.50 bits per heavy atom. The van der Waals surface area contributed by atoms with Crippen molar-refractivity contribution in [2.45, 2.75) is 31.8 Å². The molecule has 0 radical (unpaired) electrons. The molecule has 1 aliphatic carbocycles. The first-order valence-corrected chi connectivity index (χ1v) is 10.1. The summed E-state index contributed by atoms with van der Waals surface area (Å²) in [4.78, 5) is 32.6. The zero-order chi connectivity index (χ0) is 21.5. The molecule has 1 aromatic heterocycles. The number of carbonyl (C=O) groups excluding carboxylic acids is 2. The maximum absolute atomic E-state index is 12.1. The van der Waals surface area contributed by atoms with Gasteiger partial charge in [0, 0.05) is 24.3 Å². The third-order valence-electron chi connectivity index (χ3n) is 4.51. The van der Waals surface area contributed by atoms with Crippen molar-refractivity contribution in [1.29, 1.82) is 0 Å². The Hall–Kier alpha value is -3.13. The van der Waals surface area contributed by atoms with Crippen molar-refractivity contribution in [2.24, 2.45) is 0 Å². The molecule has 158 valence electrons. The predicted octanol–water partition coefficient (Wildman–Crippen LogP) is 3.30. The summed E-state index contributed by atoms with van der Waals surface area (Å²) < 4.78 is 5.37. The number of hydrogen-bond acceptors (Lipinski definition) is 6. The van der Waals surface area contributed by atoms with Crippen LogP contribution < -0.4 is 15.8 Å². The molecule has 1 aromatic carbocycles. The number of halogens is 1. The summed E-state index contributed by atoms with van der Waals surface area (Å²) in [5.74, 6) is 0.393. The van der Waals surface area contributed by atoms with Gasteiger partial charge in [-0.1, -0.05) is 18.2 Å². The number of ether oxygens (including phenoxy) is 1. The van der Waals surface area contributed by atoms with Gasteiger partial charge in [-0.25, -0.2) is 4.98 Å². The van der Waals surface area contributed by atoms with E-state index < -0.39 is 0 Å². The molecule has 2 fully saturated rings. The van der Waals surface area contributed by atoms with Crippen LogP contribution in [-0.2, 0) is 4.79 Å². The Kier molecular flexibility index (Phi) is 7.24. The number of nitrogens with zero attached hydrogens (tertiary/aromatic N) is 3. The highest BCUT2D eigenvalue weighted by Crippen LogP contribution is 2.29. The first-order chi connectivity index (χ1) is 14.5. The highest BCUT2D eigenvalue weighted by molar-refractivity contribution is 6.31. The second-order valence-corrected chi connectivity index (χ2v) is 7.38. The summed E-state index contributed by atoms with van der Waals surface area (Å²) in [6, 6.07) is 6.92. The summed E-state index contributed by atoms with van der Waals surface area (Å²) in [6.45, 7) is 5.06. The standard InChI is InChI=1S/C14H16N2O2.C7H8ClN3O/c1-2-13(17)15-12-7-5-11(6-8-12)14(18)16-9-3-4-10-16;8-5-3-10-7(9)11-6(5)12-4-1-2-4/h2,5-8H,1,3-4,9-10H2,(H,15,17);3-4H,1-2H2,(H2,9,10,11). The molecular weight excluding hydrogens is 406 g/mol. The van der Waals surface area contributed by atoms with Gasteiger partial charge in [0.25, 0.3) is 5.91 Å². The minimum Gasteiger partial charge on any atom is -0.473 e. The van der Waals surface area contributed by atoms with Gasteiger partial charge in [-0.2, -0.15) is 4.98 Å². The molecule has 4 rings (SSSR count). The third-order valence-corrected chi connectivity index (χ3v) is 4.77. The first kappa shape index (κ1) is 21.6. The highest BCUT2D eigenvalue weighted by Gasteiger charge is 2.25. The molecular formula is C21H24ClN5O3. The Balaban J connectivity index is 0.000000184. The number of carbonyl (C=O) groups is 2. The Morgan fingerprint density at radius 2 is 1.90 bits per heavy atom. The van der Waals surface area contributed by atoms with Crippen molar-refractivity contribution in [3.63, 3.8) is 0 Å². The average Bonchev–Trinajstić information content (AvgIpc) is 3.39. The lowest BCUT2D eigenvalue weighted by Gasteiger charge is -2.15.